The Morgan fingerprint density at radius 3 is 2.92 bits per heavy atom. The molecule has 0 aliphatic carbocycles. The largest absolute Gasteiger partial charge is 0.490 e. The Morgan fingerprint density at radius 2 is 2.00 bits per heavy atom. The van der Waals surface area contributed by atoms with Gasteiger partial charge in [-0.05, 0) is 30.3 Å². The number of H-pyrrole nitrogens is 1. The molecule has 0 spiro atoms. The van der Waals surface area contributed by atoms with Gasteiger partial charge < -0.3 is 9.47 Å². The van der Waals surface area contributed by atoms with Crippen LogP contribution in [-0.2, 0) is 10.0 Å². The van der Waals surface area contributed by atoms with Gasteiger partial charge in [-0.3, -0.25) is 9.82 Å². The minimum Gasteiger partial charge on any atom is -0.490 e. The van der Waals surface area contributed by atoms with Crippen molar-refractivity contribution < 1.29 is 17.9 Å². The molecule has 0 saturated heterocycles. The highest BCUT2D eigenvalue weighted by Crippen LogP contribution is 2.36. The number of aromatic amines is 1. The number of rotatable bonds is 3. The number of fused-ring (bicyclic) bond motifs is 2. The van der Waals surface area contributed by atoms with Gasteiger partial charge in [-0.2, -0.15) is 5.10 Å². The molecule has 24 heavy (non-hydrogen) atoms. The molecule has 0 radical (unpaired) electrons. The molecular weight excluding hydrogens is 330 g/mol. The lowest BCUT2D eigenvalue weighted by atomic mass is 10.2. The van der Waals surface area contributed by atoms with Crippen molar-refractivity contribution in [2.75, 3.05) is 17.9 Å². The number of sulfonamides is 1. The second kappa shape index (κ2) is 5.72. The SMILES string of the molecule is O=S(=O)(Nc1ccc2cn[nH]c2c1)c1cccc2c1OCCCO2. The summed E-state index contributed by atoms with van der Waals surface area (Å²) in [6, 6.07) is 10.0. The summed E-state index contributed by atoms with van der Waals surface area (Å²) >= 11 is 0. The molecule has 0 atom stereocenters. The quantitative estimate of drug-likeness (QED) is 0.761. The van der Waals surface area contributed by atoms with Crippen LogP contribution in [0.15, 0.2) is 47.5 Å². The molecule has 1 aliphatic rings. The second-order valence-electron chi connectivity index (χ2n) is 5.41. The molecule has 2 N–H and O–H groups in total. The van der Waals surface area contributed by atoms with E-state index in [9.17, 15) is 8.42 Å². The molecule has 2 aromatic carbocycles. The minimum absolute atomic E-state index is 0.0617. The van der Waals surface area contributed by atoms with Crippen LogP contribution in [0.3, 0.4) is 0 Å². The summed E-state index contributed by atoms with van der Waals surface area (Å²) in [4.78, 5) is 0.0617. The minimum atomic E-state index is -3.81. The molecule has 7 nitrogen and oxygen atoms in total. The van der Waals surface area contributed by atoms with Crippen LogP contribution in [0, 0.1) is 0 Å². The number of nitrogens with zero attached hydrogens (tertiary/aromatic N) is 1. The summed E-state index contributed by atoms with van der Waals surface area (Å²) in [5, 5.41) is 7.65. The molecule has 0 amide bonds. The van der Waals surface area contributed by atoms with Gasteiger partial charge in [0.05, 0.1) is 30.6 Å². The first-order chi connectivity index (χ1) is 11.6. The molecule has 1 aromatic heterocycles. The Labute approximate surface area is 138 Å². The van der Waals surface area contributed by atoms with Crippen LogP contribution in [0.1, 0.15) is 6.42 Å². The molecule has 124 valence electrons. The van der Waals surface area contributed by atoms with Gasteiger partial charge in [0.25, 0.3) is 10.0 Å². The van der Waals surface area contributed by atoms with Crippen molar-refractivity contribution in [1.29, 1.82) is 0 Å². The summed E-state index contributed by atoms with van der Waals surface area (Å²) < 4.78 is 39.3. The van der Waals surface area contributed by atoms with Gasteiger partial charge in [0.1, 0.15) is 4.90 Å². The Hall–Kier alpha value is -2.74. The zero-order valence-electron chi connectivity index (χ0n) is 12.7. The molecule has 1 aliphatic heterocycles. The number of ether oxygens (including phenoxy) is 2. The highest BCUT2D eigenvalue weighted by atomic mass is 32.2. The van der Waals surface area contributed by atoms with Gasteiger partial charge in [-0.15, -0.1) is 0 Å². The van der Waals surface area contributed by atoms with Crippen LogP contribution in [0.5, 0.6) is 11.5 Å². The third kappa shape index (κ3) is 2.65. The fourth-order valence-corrected chi connectivity index (χ4v) is 3.80. The van der Waals surface area contributed by atoms with Crippen molar-refractivity contribution in [3.05, 3.63) is 42.6 Å². The van der Waals surface area contributed by atoms with E-state index in [1.807, 2.05) is 0 Å². The van der Waals surface area contributed by atoms with Gasteiger partial charge in [-0.25, -0.2) is 8.42 Å². The maximum absolute atomic E-state index is 12.8. The van der Waals surface area contributed by atoms with Gasteiger partial charge in [0.2, 0.25) is 0 Å². The summed E-state index contributed by atoms with van der Waals surface area (Å²) in [5.74, 6) is 0.699. The smallest absolute Gasteiger partial charge is 0.265 e. The Kier molecular flexibility index (Phi) is 3.53. The summed E-state index contributed by atoms with van der Waals surface area (Å²) in [5.41, 5.74) is 1.19. The number of para-hydroxylation sites is 1. The average molecular weight is 345 g/mol. The van der Waals surface area contributed by atoms with E-state index in [0.29, 0.717) is 31.1 Å². The normalized spacial score (nSPS) is 14.3. The van der Waals surface area contributed by atoms with Crippen LogP contribution in [0.4, 0.5) is 5.69 Å². The zero-order chi connectivity index (χ0) is 16.6. The Balaban J connectivity index is 1.72. The molecule has 3 aromatic rings. The maximum Gasteiger partial charge on any atom is 0.265 e. The summed E-state index contributed by atoms with van der Waals surface area (Å²) in [6.45, 7) is 0.917. The van der Waals surface area contributed by atoms with Gasteiger partial charge in [0, 0.05) is 11.8 Å². The molecule has 0 saturated carbocycles. The maximum atomic E-state index is 12.8. The number of hydrogen-bond donors (Lipinski definition) is 2. The van der Waals surface area contributed by atoms with E-state index in [4.69, 9.17) is 9.47 Å². The first kappa shape index (κ1) is 14.8. The van der Waals surface area contributed by atoms with E-state index in [-0.39, 0.29) is 10.6 Å². The van der Waals surface area contributed by atoms with E-state index in [1.54, 1.807) is 36.5 Å². The van der Waals surface area contributed by atoms with Crippen molar-refractivity contribution in [2.45, 2.75) is 11.3 Å². The zero-order valence-corrected chi connectivity index (χ0v) is 13.5. The van der Waals surface area contributed by atoms with Crippen molar-refractivity contribution in [3.63, 3.8) is 0 Å². The monoisotopic (exact) mass is 345 g/mol. The van der Waals surface area contributed by atoms with Crippen LogP contribution < -0.4 is 14.2 Å². The topological polar surface area (TPSA) is 93.3 Å². The van der Waals surface area contributed by atoms with Crippen molar-refractivity contribution >= 4 is 26.6 Å². The van der Waals surface area contributed by atoms with E-state index < -0.39 is 10.0 Å². The fourth-order valence-electron chi connectivity index (χ4n) is 2.59. The van der Waals surface area contributed by atoms with Crippen molar-refractivity contribution in [1.82, 2.24) is 10.2 Å². The number of aromatic nitrogens is 2. The summed E-state index contributed by atoms with van der Waals surface area (Å²) in [6.07, 6.45) is 2.38. The molecule has 0 fully saturated rings. The van der Waals surface area contributed by atoms with Gasteiger partial charge in [0.15, 0.2) is 11.5 Å². The fraction of sp³-hybridized carbons (Fsp3) is 0.188. The van der Waals surface area contributed by atoms with Crippen molar-refractivity contribution in [3.8, 4) is 11.5 Å². The van der Waals surface area contributed by atoms with Crippen molar-refractivity contribution in [2.24, 2.45) is 0 Å². The first-order valence-corrected chi connectivity index (χ1v) is 8.96. The molecular formula is C16H15N3O4S. The molecule has 8 heteroatoms. The number of benzene rings is 2. The van der Waals surface area contributed by atoms with Crippen LogP contribution in [-0.4, -0.2) is 31.8 Å². The highest BCUT2D eigenvalue weighted by molar-refractivity contribution is 7.92. The van der Waals surface area contributed by atoms with Gasteiger partial charge in [-0.1, -0.05) is 6.07 Å². The second-order valence-corrected chi connectivity index (χ2v) is 7.06. The third-order valence-corrected chi connectivity index (χ3v) is 5.12. The standard InChI is InChI=1S/C16H15N3O4S/c20-24(21,19-12-6-5-11-10-17-18-13(11)9-12)15-4-1-3-14-16(15)23-8-2-7-22-14/h1,3-6,9-10,19H,2,7-8H2,(H,17,18). The Bertz CT molecular complexity index is 997. The number of anilines is 1. The average Bonchev–Trinajstić information content (AvgIpc) is 2.89. The van der Waals surface area contributed by atoms with Crippen LogP contribution >= 0.6 is 0 Å². The number of nitrogens with one attached hydrogen (secondary N) is 2. The lowest BCUT2D eigenvalue weighted by Crippen LogP contribution is -2.14. The van der Waals surface area contributed by atoms with Crippen LogP contribution in [0.2, 0.25) is 0 Å². The first-order valence-electron chi connectivity index (χ1n) is 7.48. The van der Waals surface area contributed by atoms with E-state index >= 15 is 0 Å². The molecule has 0 unspecified atom stereocenters. The predicted octanol–water partition coefficient (Wildman–Crippen LogP) is 2.53. The highest BCUT2D eigenvalue weighted by Gasteiger charge is 2.24. The summed E-state index contributed by atoms with van der Waals surface area (Å²) in [7, 11) is -3.81. The van der Waals surface area contributed by atoms with Gasteiger partial charge >= 0.3 is 0 Å². The molecule has 4 rings (SSSR count). The lowest BCUT2D eigenvalue weighted by molar-refractivity contribution is 0.294. The third-order valence-electron chi connectivity index (χ3n) is 3.72. The molecule has 2 heterocycles. The van der Waals surface area contributed by atoms with E-state index in [1.165, 1.54) is 6.07 Å². The number of hydrogen-bond acceptors (Lipinski definition) is 5. The Morgan fingerprint density at radius 1 is 1.12 bits per heavy atom. The van der Waals surface area contributed by atoms with E-state index in [2.05, 4.69) is 14.9 Å². The van der Waals surface area contributed by atoms with Crippen LogP contribution in [0.25, 0.3) is 10.9 Å². The van der Waals surface area contributed by atoms with E-state index in [0.717, 1.165) is 10.9 Å². The predicted molar refractivity (Wildman–Crippen MR) is 89.0 cm³/mol. The lowest BCUT2D eigenvalue weighted by Gasteiger charge is -2.14. The molecule has 0 bridgehead atoms.